The molecule has 1 aromatic carbocycles. The fourth-order valence-corrected chi connectivity index (χ4v) is 4.10. The van der Waals surface area contributed by atoms with Crippen molar-refractivity contribution >= 4 is 28.9 Å². The zero-order valence-electron chi connectivity index (χ0n) is 15.7. The number of benzene rings is 1. The van der Waals surface area contributed by atoms with Gasteiger partial charge in [-0.05, 0) is 48.4 Å². The number of hydrogen-bond donors (Lipinski definition) is 1. The van der Waals surface area contributed by atoms with Crippen LogP contribution in [-0.4, -0.2) is 37.9 Å². The summed E-state index contributed by atoms with van der Waals surface area (Å²) in [5.41, 5.74) is 0.562. The highest BCUT2D eigenvalue weighted by atomic mass is 32.2. The van der Waals surface area contributed by atoms with Crippen molar-refractivity contribution in [1.29, 1.82) is 0 Å². The molecule has 1 aromatic rings. The minimum absolute atomic E-state index is 0.0889. The number of nitrogens with one attached hydrogen (secondary N) is 1. The largest absolute Gasteiger partial charge is 0.493 e. The molecular formula is C19H22F2N2O4S. The molecule has 0 aromatic heterocycles. The van der Waals surface area contributed by atoms with Crippen molar-refractivity contribution in [3.05, 3.63) is 22.6 Å². The van der Waals surface area contributed by atoms with Gasteiger partial charge in [0.2, 0.25) is 5.75 Å². The first kappa shape index (κ1) is 20.4. The van der Waals surface area contributed by atoms with Gasteiger partial charge in [-0.2, -0.15) is 8.78 Å². The second-order valence-electron chi connectivity index (χ2n) is 6.42. The summed E-state index contributed by atoms with van der Waals surface area (Å²) in [7, 11) is 2.69. The number of carbonyl (C=O) groups is 1. The zero-order chi connectivity index (χ0) is 20.1. The monoisotopic (exact) mass is 412 g/mol. The number of amidine groups is 1. The van der Waals surface area contributed by atoms with Gasteiger partial charge in [0.05, 0.1) is 25.2 Å². The summed E-state index contributed by atoms with van der Waals surface area (Å²) in [4.78, 5) is 17.4. The molecule has 0 atom stereocenters. The fourth-order valence-electron chi connectivity index (χ4n) is 3.20. The van der Waals surface area contributed by atoms with Crippen LogP contribution < -0.4 is 19.5 Å². The molecule has 1 saturated carbocycles. The Labute approximate surface area is 166 Å². The first-order chi connectivity index (χ1) is 13.5. The Bertz CT molecular complexity index is 767. The standard InChI is InChI=1S/C19H22F2N2O4S/c1-25-13-8-11(9-14(26-2)16(13)27-18(20)21)10-15-17(24)23-19(28-15)22-12-6-4-3-5-7-12/h8-10,12,18H,3-7H2,1-2H3,(H,22,23,24)/b15-10-. The minimum Gasteiger partial charge on any atom is -0.493 e. The highest BCUT2D eigenvalue weighted by Gasteiger charge is 2.26. The van der Waals surface area contributed by atoms with E-state index in [1.807, 2.05) is 0 Å². The van der Waals surface area contributed by atoms with Crippen LogP contribution in [0.4, 0.5) is 8.78 Å². The number of amides is 1. The van der Waals surface area contributed by atoms with Gasteiger partial charge in [-0.1, -0.05) is 19.3 Å². The van der Waals surface area contributed by atoms with Crippen molar-refractivity contribution in [2.45, 2.75) is 44.8 Å². The molecule has 152 valence electrons. The first-order valence-corrected chi connectivity index (χ1v) is 9.81. The van der Waals surface area contributed by atoms with E-state index in [9.17, 15) is 13.6 Å². The third kappa shape index (κ3) is 4.95. The van der Waals surface area contributed by atoms with E-state index in [0.29, 0.717) is 15.6 Å². The molecule has 0 unspecified atom stereocenters. The minimum atomic E-state index is -3.01. The summed E-state index contributed by atoms with van der Waals surface area (Å²) < 4.78 is 40.1. The van der Waals surface area contributed by atoms with E-state index in [-0.39, 0.29) is 29.2 Å². The van der Waals surface area contributed by atoms with Crippen molar-refractivity contribution < 1.29 is 27.8 Å². The SMILES string of the molecule is COc1cc(/C=C2\SC(=NC3CCCCC3)NC2=O)cc(OC)c1OC(F)F. The van der Waals surface area contributed by atoms with Gasteiger partial charge in [0.1, 0.15) is 0 Å². The Morgan fingerprint density at radius 2 is 1.82 bits per heavy atom. The van der Waals surface area contributed by atoms with Gasteiger partial charge < -0.3 is 19.5 Å². The normalized spacial score (nSPS) is 20.7. The number of ether oxygens (including phenoxy) is 3. The van der Waals surface area contributed by atoms with Gasteiger partial charge in [0, 0.05) is 0 Å². The van der Waals surface area contributed by atoms with Gasteiger partial charge in [-0.25, -0.2) is 0 Å². The summed E-state index contributed by atoms with van der Waals surface area (Å²) in [5.74, 6) is -0.257. The smallest absolute Gasteiger partial charge is 0.387 e. The molecule has 1 aliphatic heterocycles. The molecule has 6 nitrogen and oxygen atoms in total. The van der Waals surface area contributed by atoms with Crippen LogP contribution in [0, 0.1) is 0 Å². The van der Waals surface area contributed by atoms with Crippen LogP contribution in [0.5, 0.6) is 17.2 Å². The predicted octanol–water partition coefficient (Wildman–Crippen LogP) is 4.20. The molecule has 1 heterocycles. The van der Waals surface area contributed by atoms with E-state index in [0.717, 1.165) is 25.7 Å². The average molecular weight is 412 g/mol. The fraction of sp³-hybridized carbons (Fsp3) is 0.474. The average Bonchev–Trinajstić information content (AvgIpc) is 3.01. The lowest BCUT2D eigenvalue weighted by Gasteiger charge is -2.17. The highest BCUT2D eigenvalue weighted by molar-refractivity contribution is 8.18. The summed E-state index contributed by atoms with van der Waals surface area (Å²) in [6.45, 7) is -3.01. The molecule has 1 aliphatic carbocycles. The van der Waals surface area contributed by atoms with Crippen molar-refractivity contribution in [1.82, 2.24) is 5.32 Å². The molecule has 9 heteroatoms. The van der Waals surface area contributed by atoms with E-state index < -0.39 is 6.61 Å². The molecule has 2 fully saturated rings. The molecule has 28 heavy (non-hydrogen) atoms. The van der Waals surface area contributed by atoms with Crippen molar-refractivity contribution in [2.24, 2.45) is 4.99 Å². The molecule has 2 aliphatic rings. The molecular weight excluding hydrogens is 390 g/mol. The number of carbonyl (C=O) groups excluding carboxylic acids is 1. The second-order valence-corrected chi connectivity index (χ2v) is 7.45. The Kier molecular flexibility index (Phi) is 6.77. The maximum absolute atomic E-state index is 12.7. The lowest BCUT2D eigenvalue weighted by molar-refractivity contribution is -0.115. The number of hydrogen-bond acceptors (Lipinski definition) is 6. The van der Waals surface area contributed by atoms with Crippen LogP contribution in [0.1, 0.15) is 37.7 Å². The Morgan fingerprint density at radius 3 is 2.39 bits per heavy atom. The topological polar surface area (TPSA) is 69.2 Å². The lowest BCUT2D eigenvalue weighted by Crippen LogP contribution is -2.22. The van der Waals surface area contributed by atoms with Gasteiger partial charge in [0.15, 0.2) is 16.7 Å². The van der Waals surface area contributed by atoms with Gasteiger partial charge in [0.25, 0.3) is 5.91 Å². The quantitative estimate of drug-likeness (QED) is 0.710. The molecule has 1 N–H and O–H groups in total. The third-order valence-electron chi connectivity index (χ3n) is 4.51. The number of halogens is 2. The number of aliphatic imine (C=N–C) groups is 1. The summed E-state index contributed by atoms with van der Waals surface area (Å²) in [6.07, 6.45) is 7.28. The van der Waals surface area contributed by atoms with Crippen LogP contribution >= 0.6 is 11.8 Å². The van der Waals surface area contributed by atoms with Gasteiger partial charge in [-0.3, -0.25) is 9.79 Å². The van der Waals surface area contributed by atoms with Crippen LogP contribution in [0.25, 0.3) is 6.08 Å². The van der Waals surface area contributed by atoms with E-state index in [4.69, 9.17) is 9.47 Å². The summed E-state index contributed by atoms with van der Waals surface area (Å²) in [6, 6.07) is 3.27. The third-order valence-corrected chi connectivity index (χ3v) is 5.44. The molecule has 1 amide bonds. The van der Waals surface area contributed by atoms with Gasteiger partial charge in [-0.15, -0.1) is 0 Å². The molecule has 3 rings (SSSR count). The van der Waals surface area contributed by atoms with Gasteiger partial charge >= 0.3 is 6.61 Å². The number of thioether (sulfide) groups is 1. The van der Waals surface area contributed by atoms with E-state index >= 15 is 0 Å². The Balaban J connectivity index is 1.84. The van der Waals surface area contributed by atoms with E-state index in [1.165, 1.54) is 44.5 Å². The molecule has 0 spiro atoms. The Hall–Kier alpha value is -2.29. The highest BCUT2D eigenvalue weighted by Crippen LogP contribution is 2.40. The van der Waals surface area contributed by atoms with E-state index in [2.05, 4.69) is 15.0 Å². The summed E-state index contributed by atoms with van der Waals surface area (Å²) >= 11 is 1.27. The number of nitrogens with zero attached hydrogens (tertiary/aromatic N) is 1. The van der Waals surface area contributed by atoms with Crippen molar-refractivity contribution in [3.8, 4) is 17.2 Å². The van der Waals surface area contributed by atoms with Crippen LogP contribution in [0.15, 0.2) is 22.0 Å². The molecule has 0 radical (unpaired) electrons. The second kappa shape index (κ2) is 9.27. The van der Waals surface area contributed by atoms with Crippen LogP contribution in [-0.2, 0) is 4.79 Å². The maximum atomic E-state index is 12.7. The number of alkyl halides is 2. The molecule has 1 saturated heterocycles. The predicted molar refractivity (Wildman–Crippen MR) is 104 cm³/mol. The van der Waals surface area contributed by atoms with Crippen molar-refractivity contribution in [2.75, 3.05) is 14.2 Å². The van der Waals surface area contributed by atoms with E-state index in [1.54, 1.807) is 6.08 Å². The summed E-state index contributed by atoms with van der Waals surface area (Å²) in [5, 5.41) is 3.38. The zero-order valence-corrected chi connectivity index (χ0v) is 16.5. The first-order valence-electron chi connectivity index (χ1n) is 8.99. The van der Waals surface area contributed by atoms with Crippen LogP contribution in [0.3, 0.4) is 0 Å². The van der Waals surface area contributed by atoms with Crippen LogP contribution in [0.2, 0.25) is 0 Å². The Morgan fingerprint density at radius 1 is 1.18 bits per heavy atom. The number of methoxy groups -OCH3 is 2. The maximum Gasteiger partial charge on any atom is 0.387 e. The lowest BCUT2D eigenvalue weighted by atomic mass is 9.96. The molecule has 0 bridgehead atoms. The number of rotatable bonds is 6. The van der Waals surface area contributed by atoms with Crippen molar-refractivity contribution in [3.63, 3.8) is 0 Å².